The summed E-state index contributed by atoms with van der Waals surface area (Å²) in [6.07, 6.45) is 2.45. The summed E-state index contributed by atoms with van der Waals surface area (Å²) in [5, 5.41) is 8.22. The highest BCUT2D eigenvalue weighted by molar-refractivity contribution is 5.99. The van der Waals surface area contributed by atoms with Crippen molar-refractivity contribution < 1.29 is 9.53 Å². The van der Waals surface area contributed by atoms with Crippen LogP contribution in [0.4, 0.5) is 5.69 Å². The monoisotopic (exact) mass is 341 g/mol. The molecule has 0 aliphatic carbocycles. The zero-order valence-electron chi connectivity index (χ0n) is 14.4. The molecule has 2 atom stereocenters. The van der Waals surface area contributed by atoms with Gasteiger partial charge >= 0.3 is 0 Å². The van der Waals surface area contributed by atoms with Crippen molar-refractivity contribution in [1.82, 2.24) is 19.7 Å². The van der Waals surface area contributed by atoms with Gasteiger partial charge in [-0.3, -0.25) is 9.69 Å². The lowest BCUT2D eigenvalue weighted by molar-refractivity contribution is -0.125. The van der Waals surface area contributed by atoms with Crippen LogP contribution in [0.3, 0.4) is 0 Å². The summed E-state index contributed by atoms with van der Waals surface area (Å²) < 4.78 is 7.91. The first kappa shape index (κ1) is 16.2. The number of aryl methyl sites for hydroxylation is 1. The zero-order chi connectivity index (χ0) is 17.2. The van der Waals surface area contributed by atoms with E-state index >= 15 is 0 Å². The summed E-state index contributed by atoms with van der Waals surface area (Å²) >= 11 is 0. The van der Waals surface area contributed by atoms with Gasteiger partial charge in [-0.2, -0.15) is 0 Å². The molecule has 2 saturated heterocycles. The van der Waals surface area contributed by atoms with E-state index in [1.165, 1.54) is 0 Å². The molecule has 2 aliphatic heterocycles. The molecule has 25 heavy (non-hydrogen) atoms. The third kappa shape index (κ3) is 3.05. The highest BCUT2D eigenvalue weighted by atomic mass is 16.5. The number of rotatable bonds is 4. The molecule has 0 unspecified atom stereocenters. The molecule has 7 heteroatoms. The Morgan fingerprint density at radius 3 is 2.88 bits per heavy atom. The SMILES string of the molecule is CCn1cnnc1[C@H]1CN([C@@H]2CCN(c3ccccc3)C2=O)CCO1. The third-order valence-corrected chi connectivity index (χ3v) is 5.06. The second-order valence-corrected chi connectivity index (χ2v) is 6.46. The van der Waals surface area contributed by atoms with Gasteiger partial charge in [0.25, 0.3) is 0 Å². The number of aromatic nitrogens is 3. The van der Waals surface area contributed by atoms with E-state index in [2.05, 4.69) is 22.0 Å². The topological polar surface area (TPSA) is 63.5 Å². The number of nitrogens with zero attached hydrogens (tertiary/aromatic N) is 5. The number of hydrogen-bond acceptors (Lipinski definition) is 5. The van der Waals surface area contributed by atoms with Crippen LogP contribution in [0, 0.1) is 0 Å². The first-order valence-electron chi connectivity index (χ1n) is 8.87. The van der Waals surface area contributed by atoms with Crippen LogP contribution < -0.4 is 4.90 Å². The minimum Gasteiger partial charge on any atom is -0.368 e. The van der Waals surface area contributed by atoms with Gasteiger partial charge in [0.1, 0.15) is 12.4 Å². The van der Waals surface area contributed by atoms with Crippen molar-refractivity contribution in [3.8, 4) is 0 Å². The van der Waals surface area contributed by atoms with Crippen molar-refractivity contribution in [2.24, 2.45) is 0 Å². The molecule has 0 bridgehead atoms. The average Bonchev–Trinajstić information content (AvgIpc) is 3.29. The summed E-state index contributed by atoms with van der Waals surface area (Å²) in [5.74, 6) is 1.03. The molecule has 7 nitrogen and oxygen atoms in total. The van der Waals surface area contributed by atoms with Gasteiger partial charge in [0.15, 0.2) is 5.82 Å². The number of hydrogen-bond donors (Lipinski definition) is 0. The van der Waals surface area contributed by atoms with Crippen LogP contribution in [0.1, 0.15) is 25.3 Å². The summed E-state index contributed by atoms with van der Waals surface area (Å²) in [6.45, 7) is 5.70. The van der Waals surface area contributed by atoms with Gasteiger partial charge in [0, 0.05) is 31.9 Å². The van der Waals surface area contributed by atoms with Gasteiger partial charge in [0.05, 0.1) is 12.6 Å². The van der Waals surface area contributed by atoms with Gasteiger partial charge in [-0.15, -0.1) is 10.2 Å². The van der Waals surface area contributed by atoms with Crippen molar-refractivity contribution in [3.05, 3.63) is 42.5 Å². The lowest BCUT2D eigenvalue weighted by atomic mass is 10.1. The molecule has 1 aromatic carbocycles. The van der Waals surface area contributed by atoms with Crippen molar-refractivity contribution >= 4 is 11.6 Å². The third-order valence-electron chi connectivity index (χ3n) is 5.06. The second-order valence-electron chi connectivity index (χ2n) is 6.46. The highest BCUT2D eigenvalue weighted by Crippen LogP contribution is 2.28. The maximum atomic E-state index is 12.9. The number of morpholine rings is 1. The lowest BCUT2D eigenvalue weighted by Gasteiger charge is -2.35. The highest BCUT2D eigenvalue weighted by Gasteiger charge is 2.39. The Kier molecular flexibility index (Phi) is 4.50. The van der Waals surface area contributed by atoms with E-state index in [1.54, 1.807) is 6.33 Å². The molecule has 3 heterocycles. The van der Waals surface area contributed by atoms with Crippen LogP contribution in [0.15, 0.2) is 36.7 Å². The minimum absolute atomic E-state index is 0.0791. The minimum atomic E-state index is -0.130. The molecule has 4 rings (SSSR count). The van der Waals surface area contributed by atoms with Crippen molar-refractivity contribution in [2.75, 3.05) is 31.1 Å². The molecule has 132 valence electrons. The number of benzene rings is 1. The van der Waals surface area contributed by atoms with Gasteiger partial charge in [-0.25, -0.2) is 0 Å². The quantitative estimate of drug-likeness (QED) is 0.843. The van der Waals surface area contributed by atoms with Crippen molar-refractivity contribution in [3.63, 3.8) is 0 Å². The van der Waals surface area contributed by atoms with Crippen LogP contribution in [-0.2, 0) is 16.1 Å². The summed E-state index contributed by atoms with van der Waals surface area (Å²) in [5.41, 5.74) is 0.977. The van der Waals surface area contributed by atoms with E-state index in [4.69, 9.17) is 4.74 Å². The molecule has 2 aliphatic rings. The first-order chi connectivity index (χ1) is 12.3. The first-order valence-corrected chi connectivity index (χ1v) is 8.87. The molecule has 0 N–H and O–H groups in total. The molecular weight excluding hydrogens is 318 g/mol. The fraction of sp³-hybridized carbons (Fsp3) is 0.500. The maximum Gasteiger partial charge on any atom is 0.244 e. The number of anilines is 1. The molecule has 0 spiro atoms. The van der Waals surface area contributed by atoms with Crippen LogP contribution in [0.25, 0.3) is 0 Å². The van der Waals surface area contributed by atoms with Gasteiger partial charge in [-0.1, -0.05) is 18.2 Å². The number of para-hydroxylation sites is 1. The Bertz CT molecular complexity index is 732. The van der Waals surface area contributed by atoms with E-state index in [0.717, 1.165) is 37.6 Å². The standard InChI is InChI=1S/C18H23N5O2/c1-2-21-13-19-20-17(21)16-12-22(10-11-25-16)15-8-9-23(18(15)24)14-6-4-3-5-7-14/h3-7,13,15-16H,2,8-12H2,1H3/t15-,16-/m1/s1. The molecule has 1 amide bonds. The molecule has 0 saturated carbocycles. The smallest absolute Gasteiger partial charge is 0.244 e. The Labute approximate surface area is 147 Å². The lowest BCUT2D eigenvalue weighted by Crippen LogP contribution is -2.48. The van der Waals surface area contributed by atoms with E-state index in [9.17, 15) is 4.79 Å². The summed E-state index contributed by atoms with van der Waals surface area (Å²) in [4.78, 5) is 17.1. The fourth-order valence-electron chi connectivity index (χ4n) is 3.73. The van der Waals surface area contributed by atoms with E-state index in [0.29, 0.717) is 13.2 Å². The molecule has 2 aromatic rings. The molecule has 1 aromatic heterocycles. The Morgan fingerprint density at radius 2 is 2.08 bits per heavy atom. The number of carbonyl (C=O) groups is 1. The van der Waals surface area contributed by atoms with Gasteiger partial charge in [0.2, 0.25) is 5.91 Å². The molecule has 2 fully saturated rings. The van der Waals surface area contributed by atoms with Crippen LogP contribution in [0.5, 0.6) is 0 Å². The Balaban J connectivity index is 1.48. The van der Waals surface area contributed by atoms with Gasteiger partial charge < -0.3 is 14.2 Å². The summed E-state index contributed by atoms with van der Waals surface area (Å²) in [7, 11) is 0. The normalized spacial score (nSPS) is 24.8. The Hall–Kier alpha value is -2.25. The van der Waals surface area contributed by atoms with Gasteiger partial charge in [-0.05, 0) is 25.5 Å². The molecular formula is C18H23N5O2. The summed E-state index contributed by atoms with van der Waals surface area (Å²) in [6, 6.07) is 9.82. The fourth-order valence-corrected chi connectivity index (χ4v) is 3.73. The van der Waals surface area contributed by atoms with E-state index in [1.807, 2.05) is 39.8 Å². The Morgan fingerprint density at radius 1 is 1.24 bits per heavy atom. The van der Waals surface area contributed by atoms with Crippen molar-refractivity contribution in [2.45, 2.75) is 32.0 Å². The van der Waals surface area contributed by atoms with E-state index < -0.39 is 0 Å². The zero-order valence-corrected chi connectivity index (χ0v) is 14.4. The number of carbonyl (C=O) groups excluding carboxylic acids is 1. The largest absolute Gasteiger partial charge is 0.368 e. The predicted molar refractivity (Wildman–Crippen MR) is 93.2 cm³/mol. The van der Waals surface area contributed by atoms with Crippen molar-refractivity contribution in [1.29, 1.82) is 0 Å². The van der Waals surface area contributed by atoms with Crippen LogP contribution in [0.2, 0.25) is 0 Å². The average molecular weight is 341 g/mol. The molecule has 0 radical (unpaired) electrons. The second kappa shape index (κ2) is 6.93. The van der Waals surface area contributed by atoms with Crippen LogP contribution >= 0.6 is 0 Å². The number of amides is 1. The van der Waals surface area contributed by atoms with Crippen LogP contribution in [-0.4, -0.2) is 57.9 Å². The number of ether oxygens (including phenoxy) is 1. The maximum absolute atomic E-state index is 12.9. The van der Waals surface area contributed by atoms with E-state index in [-0.39, 0.29) is 18.1 Å². The predicted octanol–water partition coefficient (Wildman–Crippen LogP) is 1.48.